The number of methoxy groups -OCH3 is 2. The Morgan fingerprint density at radius 2 is 1.72 bits per heavy atom. The first-order chi connectivity index (χ1) is 18.9. The molecular formula is C30H30N2O7. The lowest BCUT2D eigenvalue weighted by molar-refractivity contribution is -0.144. The molecule has 9 heteroatoms. The summed E-state index contributed by atoms with van der Waals surface area (Å²) in [7, 11) is 3.05. The van der Waals surface area contributed by atoms with Crippen molar-refractivity contribution in [2.45, 2.75) is 30.9 Å². The van der Waals surface area contributed by atoms with Gasteiger partial charge in [0.1, 0.15) is 12.5 Å². The van der Waals surface area contributed by atoms with Crippen LogP contribution in [0.15, 0.2) is 66.7 Å². The van der Waals surface area contributed by atoms with Gasteiger partial charge < -0.3 is 29.5 Å². The number of carbonyl (C=O) groups is 3. The molecule has 2 aliphatic heterocycles. The molecule has 2 aliphatic rings. The molecule has 5 rings (SSSR count). The highest BCUT2D eigenvalue weighted by Crippen LogP contribution is 2.54. The number of nitrogens with zero attached hydrogens (tertiary/aromatic N) is 1. The highest BCUT2D eigenvalue weighted by atomic mass is 16.5. The van der Waals surface area contributed by atoms with Crippen molar-refractivity contribution < 1.29 is 33.7 Å². The van der Waals surface area contributed by atoms with E-state index in [1.807, 2.05) is 36.4 Å². The van der Waals surface area contributed by atoms with Gasteiger partial charge in [0.2, 0.25) is 0 Å². The summed E-state index contributed by atoms with van der Waals surface area (Å²) in [5, 5.41) is 13.4. The van der Waals surface area contributed by atoms with Gasteiger partial charge in [0.15, 0.2) is 11.5 Å². The number of ether oxygens (including phenoxy) is 3. The number of benzene rings is 3. The zero-order chi connectivity index (χ0) is 27.6. The van der Waals surface area contributed by atoms with Crippen molar-refractivity contribution in [3.8, 4) is 11.5 Å². The van der Waals surface area contributed by atoms with Crippen molar-refractivity contribution in [2.24, 2.45) is 0 Å². The maximum Gasteiger partial charge on any atom is 0.407 e. The maximum atomic E-state index is 13.8. The van der Waals surface area contributed by atoms with Gasteiger partial charge in [0.05, 0.1) is 19.8 Å². The van der Waals surface area contributed by atoms with Gasteiger partial charge in [-0.2, -0.15) is 0 Å². The molecule has 0 spiro atoms. The second-order valence-electron chi connectivity index (χ2n) is 9.59. The second kappa shape index (κ2) is 10.7. The molecule has 9 nitrogen and oxygen atoms in total. The number of aliphatic carboxylic acids is 1. The summed E-state index contributed by atoms with van der Waals surface area (Å²) in [6.45, 7) is 0.502. The first-order valence-electron chi connectivity index (χ1n) is 12.7. The number of carboxylic acids is 1. The molecule has 3 aromatic carbocycles. The van der Waals surface area contributed by atoms with Crippen LogP contribution in [0, 0.1) is 0 Å². The van der Waals surface area contributed by atoms with Gasteiger partial charge in [0.25, 0.3) is 5.91 Å². The minimum atomic E-state index is -1.28. The Balaban J connectivity index is 1.54. The van der Waals surface area contributed by atoms with Crippen molar-refractivity contribution in [2.75, 3.05) is 27.3 Å². The van der Waals surface area contributed by atoms with Gasteiger partial charge >= 0.3 is 12.1 Å². The van der Waals surface area contributed by atoms with Crippen molar-refractivity contribution in [1.29, 1.82) is 0 Å². The predicted octanol–water partition coefficient (Wildman–Crippen LogP) is 4.10. The van der Waals surface area contributed by atoms with Crippen LogP contribution in [0.3, 0.4) is 0 Å². The van der Waals surface area contributed by atoms with Gasteiger partial charge in [-0.15, -0.1) is 0 Å². The molecule has 202 valence electrons. The van der Waals surface area contributed by atoms with E-state index in [2.05, 4.69) is 5.32 Å². The highest BCUT2D eigenvalue weighted by molar-refractivity contribution is 6.01. The Kier molecular flexibility index (Phi) is 7.15. The normalized spacial score (nSPS) is 19.3. The lowest BCUT2D eigenvalue weighted by atomic mass is 9.64. The second-order valence-corrected chi connectivity index (χ2v) is 9.59. The Bertz CT molecular complexity index is 1410. The number of carboxylic acid groups (broad SMARTS) is 1. The largest absolute Gasteiger partial charge is 0.493 e. The van der Waals surface area contributed by atoms with Crippen LogP contribution in [0.1, 0.15) is 45.0 Å². The number of hydrogen-bond donors (Lipinski definition) is 2. The summed E-state index contributed by atoms with van der Waals surface area (Å²) in [6, 6.07) is 19.8. The topological polar surface area (TPSA) is 114 Å². The number of fused-ring (bicyclic) bond motifs is 4. The van der Waals surface area contributed by atoms with Crippen molar-refractivity contribution in [1.82, 2.24) is 10.2 Å². The standard InChI is InChI=1S/C30H30N2O7/c1-37-24-16-20-12-15-32-27(33)22-11-7-6-10-21(22)26(28(34)35)30(32,23(20)17-25(24)38-2)13-14-31-29(36)39-18-19-8-4-3-5-9-19/h3-11,16-17,26H,12-15,18H2,1-2H3,(H,31,36)(H,34,35)/t26-,30-/m0/s1. The van der Waals surface area contributed by atoms with Gasteiger partial charge in [-0.25, -0.2) is 4.79 Å². The van der Waals surface area contributed by atoms with Gasteiger partial charge in [0, 0.05) is 18.7 Å². The van der Waals surface area contributed by atoms with Crippen LogP contribution in [0.4, 0.5) is 4.79 Å². The Morgan fingerprint density at radius 3 is 2.44 bits per heavy atom. The number of hydrogen-bond acceptors (Lipinski definition) is 6. The molecule has 2 atom stereocenters. The van der Waals surface area contributed by atoms with E-state index in [0.29, 0.717) is 41.2 Å². The van der Waals surface area contributed by atoms with Crippen LogP contribution >= 0.6 is 0 Å². The fraction of sp³-hybridized carbons (Fsp3) is 0.300. The molecule has 39 heavy (non-hydrogen) atoms. The zero-order valence-electron chi connectivity index (χ0n) is 21.8. The molecule has 0 aromatic heterocycles. The van der Waals surface area contributed by atoms with E-state index in [1.54, 1.807) is 42.3 Å². The van der Waals surface area contributed by atoms with Crippen LogP contribution in [-0.4, -0.2) is 55.3 Å². The fourth-order valence-corrected chi connectivity index (χ4v) is 5.93. The lowest BCUT2D eigenvalue weighted by Gasteiger charge is -2.54. The molecule has 0 saturated heterocycles. The fourth-order valence-electron chi connectivity index (χ4n) is 5.93. The van der Waals surface area contributed by atoms with Crippen LogP contribution in [0.5, 0.6) is 11.5 Å². The minimum absolute atomic E-state index is 0.0805. The monoisotopic (exact) mass is 530 g/mol. The first kappa shape index (κ1) is 26.1. The molecule has 3 aromatic rings. The molecule has 2 amide bonds. The van der Waals surface area contributed by atoms with E-state index in [0.717, 1.165) is 11.1 Å². The van der Waals surface area contributed by atoms with E-state index >= 15 is 0 Å². The van der Waals surface area contributed by atoms with Crippen LogP contribution < -0.4 is 14.8 Å². The molecule has 2 N–H and O–H groups in total. The van der Waals surface area contributed by atoms with Gasteiger partial charge in [-0.1, -0.05) is 48.5 Å². The smallest absolute Gasteiger partial charge is 0.407 e. The Labute approximate surface area is 226 Å². The van der Waals surface area contributed by atoms with E-state index in [-0.39, 0.29) is 25.5 Å². The highest BCUT2D eigenvalue weighted by Gasteiger charge is 2.57. The first-order valence-corrected chi connectivity index (χ1v) is 12.7. The molecule has 2 heterocycles. The van der Waals surface area contributed by atoms with E-state index in [1.165, 1.54) is 7.11 Å². The summed E-state index contributed by atoms with van der Waals surface area (Å²) >= 11 is 0. The number of nitrogens with one attached hydrogen (secondary N) is 1. The third kappa shape index (κ3) is 4.54. The van der Waals surface area contributed by atoms with E-state index in [9.17, 15) is 19.5 Å². The molecule has 0 aliphatic carbocycles. The number of carbonyl (C=O) groups excluding carboxylic acids is 2. The average Bonchev–Trinajstić information content (AvgIpc) is 2.95. The zero-order valence-corrected chi connectivity index (χ0v) is 21.8. The predicted molar refractivity (Wildman–Crippen MR) is 142 cm³/mol. The lowest BCUT2D eigenvalue weighted by Crippen LogP contribution is -2.61. The number of rotatable bonds is 8. The molecule has 0 unspecified atom stereocenters. The average molecular weight is 531 g/mol. The summed E-state index contributed by atoms with van der Waals surface area (Å²) < 4.78 is 16.4. The quantitative estimate of drug-likeness (QED) is 0.451. The maximum absolute atomic E-state index is 13.8. The summed E-state index contributed by atoms with van der Waals surface area (Å²) in [5.41, 5.74) is 1.92. The minimum Gasteiger partial charge on any atom is -0.493 e. The number of amides is 2. The molecule has 0 saturated carbocycles. The van der Waals surface area contributed by atoms with Crippen LogP contribution in [0.25, 0.3) is 0 Å². The molecular weight excluding hydrogens is 500 g/mol. The van der Waals surface area contributed by atoms with E-state index in [4.69, 9.17) is 14.2 Å². The van der Waals surface area contributed by atoms with Gasteiger partial charge in [-0.05, 0) is 53.3 Å². The summed E-state index contributed by atoms with van der Waals surface area (Å²) in [5.74, 6) is -1.42. The Hall–Kier alpha value is -4.53. The summed E-state index contributed by atoms with van der Waals surface area (Å²) in [4.78, 5) is 41.1. The van der Waals surface area contributed by atoms with Gasteiger partial charge in [-0.3, -0.25) is 9.59 Å². The third-order valence-corrected chi connectivity index (χ3v) is 7.62. The number of alkyl carbamates (subject to hydrolysis) is 1. The Morgan fingerprint density at radius 1 is 1.03 bits per heavy atom. The van der Waals surface area contributed by atoms with Crippen molar-refractivity contribution >= 4 is 18.0 Å². The van der Waals surface area contributed by atoms with Crippen LogP contribution in [0.2, 0.25) is 0 Å². The molecule has 0 bridgehead atoms. The summed E-state index contributed by atoms with van der Waals surface area (Å²) in [6.07, 6.45) is 0.0385. The SMILES string of the molecule is COc1cc2c(cc1OC)[C@@]1(CCNC(=O)OCc3ccccc3)[C@H](C(=O)O)c3ccccc3C(=O)N1CC2. The molecule has 0 fully saturated rings. The van der Waals surface area contributed by atoms with Crippen molar-refractivity contribution in [3.05, 3.63) is 94.5 Å². The van der Waals surface area contributed by atoms with E-state index < -0.39 is 23.5 Å². The molecule has 0 radical (unpaired) electrons. The third-order valence-electron chi connectivity index (χ3n) is 7.62. The van der Waals surface area contributed by atoms with Crippen LogP contribution in [-0.2, 0) is 28.1 Å². The van der Waals surface area contributed by atoms with Crippen molar-refractivity contribution in [3.63, 3.8) is 0 Å².